The molecule has 2 aromatic rings. The predicted octanol–water partition coefficient (Wildman–Crippen LogP) is 3.34. The summed E-state index contributed by atoms with van der Waals surface area (Å²) in [7, 11) is -3.41. The first-order valence-corrected chi connectivity index (χ1v) is 11.9. The average Bonchev–Trinajstić information content (AvgIpc) is 3.07. The minimum atomic E-state index is -3.41. The van der Waals surface area contributed by atoms with Crippen LogP contribution in [0.5, 0.6) is 0 Å². The van der Waals surface area contributed by atoms with Gasteiger partial charge in [0.15, 0.2) is 0 Å². The number of carbonyl (C=O) groups excluding carboxylic acids is 1. The Morgan fingerprint density at radius 2 is 1.69 bits per heavy atom. The van der Waals surface area contributed by atoms with Crippen LogP contribution < -0.4 is 0 Å². The second-order valence-corrected chi connectivity index (χ2v) is 10.3. The van der Waals surface area contributed by atoms with Gasteiger partial charge in [-0.25, -0.2) is 8.42 Å². The molecule has 0 unspecified atom stereocenters. The molecule has 0 N–H and O–H groups in total. The van der Waals surface area contributed by atoms with Gasteiger partial charge in [0, 0.05) is 32.1 Å². The Morgan fingerprint density at radius 1 is 0.966 bits per heavy atom. The lowest BCUT2D eigenvalue weighted by Crippen LogP contribution is -2.43. The van der Waals surface area contributed by atoms with Crippen molar-refractivity contribution >= 4 is 15.9 Å². The van der Waals surface area contributed by atoms with Gasteiger partial charge in [0.2, 0.25) is 15.9 Å². The van der Waals surface area contributed by atoms with Gasteiger partial charge in [0.25, 0.3) is 0 Å². The third kappa shape index (κ3) is 4.54. The van der Waals surface area contributed by atoms with E-state index < -0.39 is 10.0 Å². The molecule has 2 fully saturated rings. The number of carbonyl (C=O) groups is 1. The molecule has 2 aromatic carbocycles. The first kappa shape index (κ1) is 20.1. The molecule has 5 nitrogen and oxygen atoms in total. The van der Waals surface area contributed by atoms with Gasteiger partial charge < -0.3 is 4.90 Å². The summed E-state index contributed by atoms with van der Waals surface area (Å²) in [5.41, 5.74) is 3.01. The SMILES string of the molecule is Cc1ccc(CS(=O)(=O)N2C[C@H]3CCCC(=O)N(Cc4ccccc4)[C@H]3C2)cc1. The molecule has 1 amide bonds. The van der Waals surface area contributed by atoms with Crippen molar-refractivity contribution in [3.8, 4) is 0 Å². The van der Waals surface area contributed by atoms with Gasteiger partial charge in [-0.3, -0.25) is 4.79 Å². The monoisotopic (exact) mass is 412 g/mol. The van der Waals surface area contributed by atoms with E-state index in [9.17, 15) is 13.2 Å². The molecule has 2 aliphatic rings. The Balaban J connectivity index is 1.52. The molecule has 154 valence electrons. The van der Waals surface area contributed by atoms with Crippen LogP contribution in [0.15, 0.2) is 54.6 Å². The molecule has 2 atom stereocenters. The fraction of sp³-hybridized carbons (Fsp3) is 0.435. The summed E-state index contributed by atoms with van der Waals surface area (Å²) in [4.78, 5) is 14.7. The number of rotatable bonds is 5. The standard InChI is InChI=1S/C23H28N2O3S/c1-18-10-12-20(13-11-18)17-29(27,28)24-15-21-8-5-9-23(26)25(22(21)16-24)14-19-6-3-2-4-7-19/h2-4,6-7,10-13,21-22H,5,8-9,14-17H2,1H3/t21-,22+/m1/s1. The molecular formula is C23H28N2O3S. The highest BCUT2D eigenvalue weighted by molar-refractivity contribution is 7.88. The number of nitrogens with zero attached hydrogens (tertiary/aromatic N) is 2. The highest BCUT2D eigenvalue weighted by Gasteiger charge is 2.43. The molecule has 6 heteroatoms. The van der Waals surface area contributed by atoms with Crippen molar-refractivity contribution in [3.63, 3.8) is 0 Å². The number of aryl methyl sites for hydroxylation is 1. The van der Waals surface area contributed by atoms with Gasteiger partial charge in [-0.2, -0.15) is 4.31 Å². The Labute approximate surface area is 173 Å². The van der Waals surface area contributed by atoms with Crippen molar-refractivity contribution in [2.24, 2.45) is 5.92 Å². The van der Waals surface area contributed by atoms with E-state index in [1.165, 1.54) is 0 Å². The summed E-state index contributed by atoms with van der Waals surface area (Å²) in [5, 5.41) is 0. The molecule has 2 heterocycles. The molecule has 29 heavy (non-hydrogen) atoms. The van der Waals surface area contributed by atoms with Crippen LogP contribution in [-0.4, -0.2) is 42.7 Å². The molecule has 0 aromatic heterocycles. The van der Waals surface area contributed by atoms with Crippen molar-refractivity contribution in [2.45, 2.75) is 44.5 Å². The van der Waals surface area contributed by atoms with E-state index in [0.29, 0.717) is 26.1 Å². The Morgan fingerprint density at radius 3 is 2.41 bits per heavy atom. The Kier molecular flexibility index (Phi) is 5.74. The van der Waals surface area contributed by atoms with Gasteiger partial charge in [-0.05, 0) is 36.8 Å². The van der Waals surface area contributed by atoms with E-state index >= 15 is 0 Å². The number of hydrogen-bond acceptors (Lipinski definition) is 3. The zero-order chi connectivity index (χ0) is 20.4. The molecule has 2 saturated heterocycles. The smallest absolute Gasteiger partial charge is 0.223 e. The summed E-state index contributed by atoms with van der Waals surface area (Å²) in [5.74, 6) is 0.358. The predicted molar refractivity (Wildman–Crippen MR) is 113 cm³/mol. The second-order valence-electron chi connectivity index (χ2n) is 8.29. The highest BCUT2D eigenvalue weighted by Crippen LogP contribution is 2.33. The number of sulfonamides is 1. The molecule has 0 saturated carbocycles. The maximum Gasteiger partial charge on any atom is 0.223 e. The largest absolute Gasteiger partial charge is 0.334 e. The Hall–Kier alpha value is -2.18. The fourth-order valence-electron chi connectivity index (χ4n) is 4.50. The van der Waals surface area contributed by atoms with E-state index in [4.69, 9.17) is 0 Å². The van der Waals surface area contributed by atoms with Crippen molar-refractivity contribution in [2.75, 3.05) is 13.1 Å². The molecule has 0 bridgehead atoms. The molecule has 0 spiro atoms. The van der Waals surface area contributed by atoms with Gasteiger partial charge in [-0.15, -0.1) is 0 Å². The number of likely N-dealkylation sites (tertiary alicyclic amines) is 1. The fourth-order valence-corrected chi connectivity index (χ4v) is 6.09. The van der Waals surface area contributed by atoms with Crippen LogP contribution in [0, 0.1) is 12.8 Å². The molecule has 0 aliphatic carbocycles. The van der Waals surface area contributed by atoms with Crippen molar-refractivity contribution in [1.82, 2.24) is 9.21 Å². The van der Waals surface area contributed by atoms with Crippen LogP contribution in [0.3, 0.4) is 0 Å². The maximum absolute atomic E-state index is 13.1. The normalized spacial score (nSPS) is 23.1. The molecular weight excluding hydrogens is 384 g/mol. The quantitative estimate of drug-likeness (QED) is 0.757. The average molecular weight is 413 g/mol. The summed E-state index contributed by atoms with van der Waals surface area (Å²) in [6.07, 6.45) is 2.28. The van der Waals surface area contributed by atoms with Crippen LogP contribution in [0.2, 0.25) is 0 Å². The first-order chi connectivity index (χ1) is 13.9. The van der Waals surface area contributed by atoms with Gasteiger partial charge in [0.1, 0.15) is 0 Å². The van der Waals surface area contributed by atoms with Crippen LogP contribution >= 0.6 is 0 Å². The van der Waals surface area contributed by atoms with E-state index in [2.05, 4.69) is 0 Å². The first-order valence-electron chi connectivity index (χ1n) is 10.3. The minimum Gasteiger partial charge on any atom is -0.334 e. The van der Waals surface area contributed by atoms with Crippen molar-refractivity contribution in [1.29, 1.82) is 0 Å². The summed E-state index contributed by atoms with van der Waals surface area (Å²) >= 11 is 0. The van der Waals surface area contributed by atoms with Crippen LogP contribution in [-0.2, 0) is 27.1 Å². The third-order valence-corrected chi connectivity index (χ3v) is 7.90. The zero-order valence-corrected chi connectivity index (χ0v) is 17.6. The Bertz CT molecular complexity index is 957. The van der Waals surface area contributed by atoms with Crippen molar-refractivity contribution in [3.05, 3.63) is 71.3 Å². The topological polar surface area (TPSA) is 57.7 Å². The van der Waals surface area contributed by atoms with Crippen molar-refractivity contribution < 1.29 is 13.2 Å². The lowest BCUT2D eigenvalue weighted by Gasteiger charge is -2.30. The lowest BCUT2D eigenvalue weighted by molar-refractivity contribution is -0.133. The van der Waals surface area contributed by atoms with Gasteiger partial charge in [0.05, 0.1) is 5.75 Å². The molecule has 4 rings (SSSR count). The number of benzene rings is 2. The number of amides is 1. The highest BCUT2D eigenvalue weighted by atomic mass is 32.2. The minimum absolute atomic E-state index is 0.0132. The summed E-state index contributed by atoms with van der Waals surface area (Å²) in [6, 6.07) is 17.6. The van der Waals surface area contributed by atoms with Gasteiger partial charge >= 0.3 is 0 Å². The number of fused-ring (bicyclic) bond motifs is 1. The van der Waals surface area contributed by atoms with E-state index in [-0.39, 0.29) is 23.6 Å². The molecule has 0 radical (unpaired) electrons. The molecule has 2 aliphatic heterocycles. The summed E-state index contributed by atoms with van der Waals surface area (Å²) in [6.45, 7) is 3.45. The summed E-state index contributed by atoms with van der Waals surface area (Å²) < 4.78 is 27.8. The number of hydrogen-bond donors (Lipinski definition) is 0. The second kappa shape index (κ2) is 8.28. The van der Waals surface area contributed by atoms with E-state index in [1.54, 1.807) is 4.31 Å². The van der Waals surface area contributed by atoms with Crippen LogP contribution in [0.1, 0.15) is 36.0 Å². The van der Waals surface area contributed by atoms with E-state index in [0.717, 1.165) is 29.5 Å². The van der Waals surface area contributed by atoms with Crippen LogP contribution in [0.4, 0.5) is 0 Å². The van der Waals surface area contributed by atoms with Crippen LogP contribution in [0.25, 0.3) is 0 Å². The van der Waals surface area contributed by atoms with Gasteiger partial charge in [-0.1, -0.05) is 60.2 Å². The zero-order valence-electron chi connectivity index (χ0n) is 16.8. The lowest BCUT2D eigenvalue weighted by atomic mass is 9.98. The third-order valence-electron chi connectivity index (χ3n) is 6.12. The maximum atomic E-state index is 13.1. The van der Waals surface area contributed by atoms with E-state index in [1.807, 2.05) is 66.4 Å².